The molecule has 0 aromatic heterocycles. The third-order valence-corrected chi connectivity index (χ3v) is 5.24. The summed E-state index contributed by atoms with van der Waals surface area (Å²) in [7, 11) is 0. The van der Waals surface area contributed by atoms with Gasteiger partial charge in [0.2, 0.25) is 11.8 Å². The molecule has 0 bridgehead atoms. The van der Waals surface area contributed by atoms with E-state index in [1.807, 2.05) is 23.6 Å². The summed E-state index contributed by atoms with van der Waals surface area (Å²) in [5, 5.41) is 2.92. The van der Waals surface area contributed by atoms with Crippen molar-refractivity contribution in [2.75, 3.05) is 24.6 Å². The molecule has 1 heterocycles. The van der Waals surface area contributed by atoms with Crippen molar-refractivity contribution in [1.29, 1.82) is 0 Å². The fraction of sp³-hybridized carbons (Fsp3) is 0.857. The zero-order valence-corrected chi connectivity index (χ0v) is 12.7. The van der Waals surface area contributed by atoms with Crippen LogP contribution in [0.15, 0.2) is 0 Å². The maximum absolute atomic E-state index is 12.3. The van der Waals surface area contributed by atoms with Gasteiger partial charge in [-0.05, 0) is 19.8 Å². The molecule has 2 aliphatic rings. The minimum Gasteiger partial charge on any atom is -0.344 e. The van der Waals surface area contributed by atoms with Crippen molar-refractivity contribution in [2.45, 2.75) is 45.6 Å². The van der Waals surface area contributed by atoms with E-state index in [9.17, 15) is 9.59 Å². The van der Waals surface area contributed by atoms with Crippen LogP contribution in [0.1, 0.15) is 39.5 Å². The van der Waals surface area contributed by atoms with Gasteiger partial charge in [0.15, 0.2) is 0 Å². The van der Waals surface area contributed by atoms with E-state index in [0.717, 1.165) is 50.3 Å². The molecule has 1 N–H and O–H groups in total. The van der Waals surface area contributed by atoms with Gasteiger partial charge in [0.25, 0.3) is 0 Å². The molecule has 2 fully saturated rings. The Balaban J connectivity index is 1.87. The van der Waals surface area contributed by atoms with Gasteiger partial charge < -0.3 is 10.2 Å². The predicted octanol–water partition coefficient (Wildman–Crippen LogP) is 1.65. The van der Waals surface area contributed by atoms with Crippen LogP contribution in [0.4, 0.5) is 0 Å². The molecule has 1 aliphatic carbocycles. The summed E-state index contributed by atoms with van der Waals surface area (Å²) < 4.78 is 0. The molecule has 2 amide bonds. The molecule has 1 saturated heterocycles. The highest BCUT2D eigenvalue weighted by Gasteiger charge is 2.37. The third-order valence-electron chi connectivity index (χ3n) is 4.30. The molecule has 0 radical (unpaired) electrons. The van der Waals surface area contributed by atoms with Gasteiger partial charge >= 0.3 is 0 Å². The first-order valence-electron chi connectivity index (χ1n) is 7.20. The fourth-order valence-electron chi connectivity index (χ4n) is 2.87. The topological polar surface area (TPSA) is 49.4 Å². The van der Waals surface area contributed by atoms with Crippen LogP contribution in [0.25, 0.3) is 0 Å². The van der Waals surface area contributed by atoms with E-state index in [4.69, 9.17) is 0 Å². The van der Waals surface area contributed by atoms with Gasteiger partial charge in [0, 0.05) is 30.0 Å². The molecule has 108 valence electrons. The van der Waals surface area contributed by atoms with Gasteiger partial charge in [0.1, 0.15) is 6.04 Å². The van der Waals surface area contributed by atoms with Crippen LogP contribution < -0.4 is 5.32 Å². The van der Waals surface area contributed by atoms with Crippen LogP contribution in [-0.2, 0) is 9.59 Å². The summed E-state index contributed by atoms with van der Waals surface area (Å²) >= 11 is 1.88. The van der Waals surface area contributed by atoms with E-state index in [1.165, 1.54) is 0 Å². The molecule has 5 heteroatoms. The van der Waals surface area contributed by atoms with Gasteiger partial charge in [-0.3, -0.25) is 9.59 Å². The first-order chi connectivity index (χ1) is 9.03. The average Bonchev–Trinajstić information content (AvgIpc) is 2.87. The summed E-state index contributed by atoms with van der Waals surface area (Å²) in [5.74, 6) is 2.13. The average molecular weight is 284 g/mol. The molecular weight excluding hydrogens is 260 g/mol. The van der Waals surface area contributed by atoms with Crippen LogP contribution in [0.2, 0.25) is 0 Å². The molecule has 1 aliphatic heterocycles. The van der Waals surface area contributed by atoms with Gasteiger partial charge in [-0.2, -0.15) is 11.8 Å². The van der Waals surface area contributed by atoms with Crippen molar-refractivity contribution in [1.82, 2.24) is 10.2 Å². The Morgan fingerprint density at radius 1 is 1.21 bits per heavy atom. The SMILES string of the molecule is C[C@H](NC(=O)C1(C)CCCC1)C(=O)N1CCSCC1. The van der Waals surface area contributed by atoms with Gasteiger partial charge in [-0.1, -0.05) is 19.8 Å². The molecule has 1 saturated carbocycles. The lowest BCUT2D eigenvalue weighted by molar-refractivity contribution is -0.138. The molecule has 0 unspecified atom stereocenters. The van der Waals surface area contributed by atoms with E-state index in [0.29, 0.717) is 0 Å². The van der Waals surface area contributed by atoms with Crippen molar-refractivity contribution in [3.63, 3.8) is 0 Å². The maximum atomic E-state index is 12.3. The molecular formula is C14H24N2O2S. The lowest BCUT2D eigenvalue weighted by atomic mass is 9.87. The van der Waals surface area contributed by atoms with E-state index in [2.05, 4.69) is 5.32 Å². The van der Waals surface area contributed by atoms with Gasteiger partial charge in [-0.15, -0.1) is 0 Å². The summed E-state index contributed by atoms with van der Waals surface area (Å²) in [6.07, 6.45) is 4.13. The van der Waals surface area contributed by atoms with Crippen molar-refractivity contribution in [3.8, 4) is 0 Å². The van der Waals surface area contributed by atoms with E-state index in [1.54, 1.807) is 6.92 Å². The highest BCUT2D eigenvalue weighted by atomic mass is 32.2. The quantitative estimate of drug-likeness (QED) is 0.857. The Morgan fingerprint density at radius 3 is 2.37 bits per heavy atom. The summed E-state index contributed by atoms with van der Waals surface area (Å²) in [6, 6.07) is -0.395. The normalized spacial score (nSPS) is 24.0. The number of carbonyl (C=O) groups excluding carboxylic acids is 2. The maximum Gasteiger partial charge on any atom is 0.244 e. The molecule has 0 spiro atoms. The number of hydrogen-bond acceptors (Lipinski definition) is 3. The van der Waals surface area contributed by atoms with Crippen molar-refractivity contribution >= 4 is 23.6 Å². The number of rotatable bonds is 3. The van der Waals surface area contributed by atoms with Gasteiger partial charge in [0.05, 0.1) is 0 Å². The molecule has 0 aromatic carbocycles. The van der Waals surface area contributed by atoms with Crippen LogP contribution >= 0.6 is 11.8 Å². The first-order valence-corrected chi connectivity index (χ1v) is 8.36. The molecule has 2 rings (SSSR count). The van der Waals surface area contributed by atoms with Crippen molar-refractivity contribution in [2.24, 2.45) is 5.41 Å². The summed E-state index contributed by atoms with van der Waals surface area (Å²) in [5.41, 5.74) is -0.258. The second-order valence-corrected chi connectivity index (χ2v) is 7.13. The molecule has 0 aromatic rings. The number of hydrogen-bond donors (Lipinski definition) is 1. The van der Waals surface area contributed by atoms with E-state index < -0.39 is 6.04 Å². The Kier molecular flexibility index (Phi) is 4.76. The monoisotopic (exact) mass is 284 g/mol. The van der Waals surface area contributed by atoms with E-state index >= 15 is 0 Å². The first kappa shape index (κ1) is 14.7. The number of carbonyl (C=O) groups is 2. The van der Waals surface area contributed by atoms with Crippen molar-refractivity contribution < 1.29 is 9.59 Å². The third kappa shape index (κ3) is 3.44. The standard InChI is InChI=1S/C14H24N2O2S/c1-11(12(17)16-7-9-19-10-8-16)15-13(18)14(2)5-3-4-6-14/h11H,3-10H2,1-2H3,(H,15,18)/t11-/m0/s1. The predicted molar refractivity (Wildman–Crippen MR) is 78.1 cm³/mol. The number of thioether (sulfide) groups is 1. The zero-order chi connectivity index (χ0) is 13.9. The van der Waals surface area contributed by atoms with Crippen molar-refractivity contribution in [3.05, 3.63) is 0 Å². The second-order valence-electron chi connectivity index (χ2n) is 5.90. The Hall–Kier alpha value is -0.710. The highest BCUT2D eigenvalue weighted by Crippen LogP contribution is 2.37. The van der Waals surface area contributed by atoms with Crippen LogP contribution in [0, 0.1) is 5.41 Å². The van der Waals surface area contributed by atoms with Crippen LogP contribution in [0.3, 0.4) is 0 Å². The van der Waals surface area contributed by atoms with Crippen LogP contribution in [-0.4, -0.2) is 47.4 Å². The minimum atomic E-state index is -0.395. The molecule has 19 heavy (non-hydrogen) atoms. The molecule has 1 atom stereocenters. The van der Waals surface area contributed by atoms with Crippen LogP contribution in [0.5, 0.6) is 0 Å². The zero-order valence-electron chi connectivity index (χ0n) is 11.9. The Bertz CT molecular complexity index is 347. The lowest BCUT2D eigenvalue weighted by Gasteiger charge is -2.31. The summed E-state index contributed by atoms with van der Waals surface area (Å²) in [4.78, 5) is 26.4. The van der Waals surface area contributed by atoms with E-state index in [-0.39, 0.29) is 17.2 Å². The smallest absolute Gasteiger partial charge is 0.244 e. The Morgan fingerprint density at radius 2 is 1.79 bits per heavy atom. The minimum absolute atomic E-state index is 0.0530. The number of nitrogens with zero attached hydrogens (tertiary/aromatic N) is 1. The number of amides is 2. The van der Waals surface area contributed by atoms with Gasteiger partial charge in [-0.25, -0.2) is 0 Å². The fourth-order valence-corrected chi connectivity index (χ4v) is 3.78. The number of nitrogens with one attached hydrogen (secondary N) is 1. The Labute approximate surface area is 119 Å². The highest BCUT2D eigenvalue weighted by molar-refractivity contribution is 7.99. The largest absolute Gasteiger partial charge is 0.344 e. The second kappa shape index (κ2) is 6.16. The summed E-state index contributed by atoms with van der Waals surface area (Å²) in [6.45, 7) is 5.44. The molecule has 4 nitrogen and oxygen atoms in total. The lowest BCUT2D eigenvalue weighted by Crippen LogP contribution is -2.51.